The van der Waals surface area contributed by atoms with Crippen LogP contribution < -0.4 is 0 Å². The molecule has 0 unspecified atom stereocenters. The van der Waals surface area contributed by atoms with Crippen molar-refractivity contribution in [1.29, 1.82) is 5.26 Å². The maximum absolute atomic E-state index is 9.20. The monoisotopic (exact) mass is 295 g/mol. The van der Waals surface area contributed by atoms with Gasteiger partial charge in [0.05, 0.1) is 23.9 Å². The number of aryl methyl sites for hydroxylation is 3. The Bertz CT molecular complexity index is 832. The minimum atomic E-state index is 0.382. The molecule has 0 amide bonds. The molecule has 21 heavy (non-hydrogen) atoms. The van der Waals surface area contributed by atoms with Crippen LogP contribution in [0.25, 0.3) is 16.2 Å². The van der Waals surface area contributed by atoms with Crippen molar-refractivity contribution in [2.45, 2.75) is 33.6 Å². The number of thiazole rings is 1. The smallest absolute Gasteiger partial charge is 0.194 e. The quantitative estimate of drug-likeness (QED) is 0.722. The van der Waals surface area contributed by atoms with Crippen LogP contribution in [0.4, 0.5) is 0 Å². The Morgan fingerprint density at radius 1 is 1.19 bits per heavy atom. The zero-order chi connectivity index (χ0) is 15.0. The van der Waals surface area contributed by atoms with E-state index in [1.807, 2.05) is 0 Å². The molecule has 0 aliphatic heterocycles. The highest BCUT2D eigenvalue weighted by atomic mass is 32.1. The van der Waals surface area contributed by atoms with Crippen molar-refractivity contribution in [2.24, 2.45) is 0 Å². The van der Waals surface area contributed by atoms with Gasteiger partial charge in [-0.2, -0.15) is 5.26 Å². The molecule has 3 aromatic rings. The van der Waals surface area contributed by atoms with Crippen molar-refractivity contribution in [1.82, 2.24) is 9.38 Å². The fourth-order valence-corrected chi connectivity index (χ4v) is 3.79. The first-order valence-corrected chi connectivity index (χ1v) is 7.91. The molecule has 0 N–H and O–H groups in total. The van der Waals surface area contributed by atoms with Crippen molar-refractivity contribution in [3.8, 4) is 17.3 Å². The number of nitrogens with zero attached hydrogens (tertiary/aromatic N) is 3. The third-order valence-corrected chi connectivity index (χ3v) is 4.77. The van der Waals surface area contributed by atoms with Gasteiger partial charge in [-0.05, 0) is 20.3 Å². The molecule has 0 saturated heterocycles. The summed E-state index contributed by atoms with van der Waals surface area (Å²) in [5.41, 5.74) is 5.54. The summed E-state index contributed by atoms with van der Waals surface area (Å²) in [4.78, 5) is 7.07. The molecule has 0 aliphatic carbocycles. The molecule has 0 spiro atoms. The summed E-state index contributed by atoms with van der Waals surface area (Å²) < 4.78 is 2.18. The van der Waals surface area contributed by atoms with Gasteiger partial charge in [0.25, 0.3) is 0 Å². The van der Waals surface area contributed by atoms with E-state index in [9.17, 15) is 5.26 Å². The molecule has 0 aliphatic rings. The van der Waals surface area contributed by atoms with Crippen LogP contribution in [0, 0.1) is 25.2 Å². The first-order chi connectivity index (χ1) is 10.2. The fraction of sp³-hybridized carbons (Fsp3) is 0.294. The van der Waals surface area contributed by atoms with Gasteiger partial charge in [0.1, 0.15) is 0 Å². The molecule has 0 atom stereocenters. The zero-order valence-electron chi connectivity index (χ0n) is 12.5. The normalized spacial score (nSPS) is 11.0. The van der Waals surface area contributed by atoms with Crippen molar-refractivity contribution < 1.29 is 0 Å². The Balaban J connectivity index is 2.28. The van der Waals surface area contributed by atoms with Gasteiger partial charge in [-0.15, -0.1) is 11.3 Å². The molecule has 0 fully saturated rings. The first kappa shape index (κ1) is 13.8. The number of aromatic nitrogens is 2. The SMILES string of the molecule is CCc1c(C)sc2nc(-c3ccc(C)cc3)c(CC#N)n12. The predicted molar refractivity (Wildman–Crippen MR) is 86.7 cm³/mol. The summed E-state index contributed by atoms with van der Waals surface area (Å²) in [7, 11) is 0. The van der Waals surface area contributed by atoms with Crippen molar-refractivity contribution in [2.75, 3.05) is 0 Å². The summed E-state index contributed by atoms with van der Waals surface area (Å²) in [6, 6.07) is 10.6. The third-order valence-electron chi connectivity index (χ3n) is 3.77. The lowest BCUT2D eigenvalue weighted by molar-refractivity contribution is 0.942. The minimum Gasteiger partial charge on any atom is -0.290 e. The van der Waals surface area contributed by atoms with Crippen molar-refractivity contribution >= 4 is 16.3 Å². The van der Waals surface area contributed by atoms with Crippen LogP contribution in [-0.4, -0.2) is 9.38 Å². The van der Waals surface area contributed by atoms with E-state index in [2.05, 4.69) is 55.5 Å². The molecule has 3 rings (SSSR count). The number of rotatable bonds is 3. The van der Waals surface area contributed by atoms with Crippen molar-refractivity contribution in [3.05, 3.63) is 46.1 Å². The Morgan fingerprint density at radius 3 is 2.52 bits per heavy atom. The van der Waals surface area contributed by atoms with E-state index in [1.165, 1.54) is 16.1 Å². The standard InChI is InChI=1S/C17H17N3S/c1-4-14-12(3)21-17-19-16(15(9-10-18)20(14)17)13-7-5-11(2)6-8-13/h5-8H,4,9H2,1-3H3. The molecule has 1 aromatic carbocycles. The second-order valence-electron chi connectivity index (χ2n) is 5.18. The number of imidazole rings is 1. The number of hydrogen-bond donors (Lipinski definition) is 0. The van der Waals surface area contributed by atoms with Gasteiger partial charge in [0.15, 0.2) is 4.96 Å². The topological polar surface area (TPSA) is 41.1 Å². The number of nitriles is 1. The Labute approximate surface area is 128 Å². The molecular formula is C17H17N3S. The Hall–Kier alpha value is -2.12. The average Bonchev–Trinajstić information content (AvgIpc) is 2.96. The molecule has 2 aromatic heterocycles. The highest BCUT2D eigenvalue weighted by molar-refractivity contribution is 7.17. The van der Waals surface area contributed by atoms with Crippen LogP contribution in [0.1, 0.15) is 28.8 Å². The maximum Gasteiger partial charge on any atom is 0.194 e. The van der Waals surface area contributed by atoms with Gasteiger partial charge in [0, 0.05) is 16.1 Å². The second kappa shape index (κ2) is 5.34. The van der Waals surface area contributed by atoms with E-state index >= 15 is 0 Å². The maximum atomic E-state index is 9.20. The molecule has 106 valence electrons. The lowest BCUT2D eigenvalue weighted by Gasteiger charge is -2.04. The molecular weight excluding hydrogens is 278 g/mol. The molecule has 3 nitrogen and oxygen atoms in total. The average molecular weight is 295 g/mol. The molecule has 0 radical (unpaired) electrons. The van der Waals surface area contributed by atoms with Gasteiger partial charge >= 0.3 is 0 Å². The Kier molecular flexibility index (Phi) is 3.52. The minimum absolute atomic E-state index is 0.382. The number of hydrogen-bond acceptors (Lipinski definition) is 3. The summed E-state index contributed by atoms with van der Waals surface area (Å²) >= 11 is 1.70. The summed E-state index contributed by atoms with van der Waals surface area (Å²) in [6.45, 7) is 6.35. The molecule has 2 heterocycles. The van der Waals surface area contributed by atoms with E-state index in [0.717, 1.165) is 28.3 Å². The highest BCUT2D eigenvalue weighted by Crippen LogP contribution is 2.31. The largest absolute Gasteiger partial charge is 0.290 e. The number of benzene rings is 1. The van der Waals surface area contributed by atoms with E-state index in [0.29, 0.717) is 6.42 Å². The van der Waals surface area contributed by atoms with Crippen LogP contribution in [0.15, 0.2) is 24.3 Å². The molecule has 4 heteroatoms. The summed E-state index contributed by atoms with van der Waals surface area (Å²) in [5.74, 6) is 0. The first-order valence-electron chi connectivity index (χ1n) is 7.09. The lowest BCUT2D eigenvalue weighted by atomic mass is 10.1. The summed E-state index contributed by atoms with van der Waals surface area (Å²) in [6.07, 6.45) is 1.33. The zero-order valence-corrected chi connectivity index (χ0v) is 13.3. The molecule has 0 saturated carbocycles. The van der Waals surface area contributed by atoms with E-state index < -0.39 is 0 Å². The van der Waals surface area contributed by atoms with Crippen LogP contribution in [0.3, 0.4) is 0 Å². The van der Waals surface area contributed by atoms with Gasteiger partial charge in [-0.1, -0.05) is 36.8 Å². The van der Waals surface area contributed by atoms with Crippen LogP contribution in [0.5, 0.6) is 0 Å². The van der Waals surface area contributed by atoms with Gasteiger partial charge in [-0.25, -0.2) is 4.98 Å². The molecule has 0 bridgehead atoms. The van der Waals surface area contributed by atoms with Gasteiger partial charge in [0.2, 0.25) is 0 Å². The van der Waals surface area contributed by atoms with Crippen LogP contribution in [0.2, 0.25) is 0 Å². The van der Waals surface area contributed by atoms with Crippen LogP contribution >= 0.6 is 11.3 Å². The van der Waals surface area contributed by atoms with Crippen molar-refractivity contribution in [3.63, 3.8) is 0 Å². The van der Waals surface area contributed by atoms with Gasteiger partial charge < -0.3 is 0 Å². The lowest BCUT2D eigenvalue weighted by Crippen LogP contribution is -1.98. The predicted octanol–water partition coefficient (Wildman–Crippen LogP) is 4.31. The summed E-state index contributed by atoms with van der Waals surface area (Å²) in [5, 5.41) is 9.20. The third kappa shape index (κ3) is 2.24. The Morgan fingerprint density at radius 2 is 1.90 bits per heavy atom. The highest BCUT2D eigenvalue weighted by Gasteiger charge is 2.19. The van der Waals surface area contributed by atoms with E-state index in [1.54, 1.807) is 11.3 Å². The fourth-order valence-electron chi connectivity index (χ4n) is 2.72. The van der Waals surface area contributed by atoms with Crippen LogP contribution in [-0.2, 0) is 12.8 Å². The van der Waals surface area contributed by atoms with Gasteiger partial charge in [-0.3, -0.25) is 4.40 Å². The van der Waals surface area contributed by atoms with E-state index in [4.69, 9.17) is 4.98 Å². The number of fused-ring (bicyclic) bond motifs is 1. The van der Waals surface area contributed by atoms with E-state index in [-0.39, 0.29) is 0 Å². The second-order valence-corrected chi connectivity index (χ2v) is 6.37.